The molecule has 1 unspecified atom stereocenters. The van der Waals surface area contributed by atoms with Crippen molar-refractivity contribution in [3.63, 3.8) is 0 Å². The van der Waals surface area contributed by atoms with E-state index in [1.54, 1.807) is 6.07 Å². The Kier molecular flexibility index (Phi) is 5.69. The lowest BCUT2D eigenvalue weighted by Crippen LogP contribution is -2.21. The number of rotatable bonds is 5. The van der Waals surface area contributed by atoms with Gasteiger partial charge < -0.3 is 5.32 Å². The van der Waals surface area contributed by atoms with Crippen LogP contribution in [0.1, 0.15) is 31.4 Å². The topological polar surface area (TPSA) is 12.0 Å². The Morgan fingerprint density at radius 2 is 2.19 bits per heavy atom. The minimum absolute atomic E-state index is 0.173. The Bertz CT molecular complexity index is 382. The number of benzene rings is 1. The van der Waals surface area contributed by atoms with Gasteiger partial charge in [0, 0.05) is 12.5 Å². The van der Waals surface area contributed by atoms with Crippen molar-refractivity contribution in [3.8, 4) is 12.3 Å². The van der Waals surface area contributed by atoms with Crippen LogP contribution in [0.25, 0.3) is 0 Å². The molecular weight excluding hydrogens is 241 g/mol. The zero-order chi connectivity index (χ0) is 12.0. The summed E-state index contributed by atoms with van der Waals surface area (Å²) in [4.78, 5) is 0. The van der Waals surface area contributed by atoms with E-state index >= 15 is 0 Å². The van der Waals surface area contributed by atoms with Crippen LogP contribution in [0.15, 0.2) is 18.2 Å². The Morgan fingerprint density at radius 1 is 1.44 bits per heavy atom. The zero-order valence-electron chi connectivity index (χ0n) is 9.26. The van der Waals surface area contributed by atoms with Crippen LogP contribution in [0.2, 0.25) is 10.0 Å². The third kappa shape index (κ3) is 3.42. The van der Waals surface area contributed by atoms with Crippen LogP contribution in [0.4, 0.5) is 0 Å². The van der Waals surface area contributed by atoms with Gasteiger partial charge in [-0.05, 0) is 24.6 Å². The Morgan fingerprint density at radius 3 is 2.81 bits per heavy atom. The van der Waals surface area contributed by atoms with E-state index in [-0.39, 0.29) is 6.04 Å². The molecular formula is C13H15Cl2N. The van der Waals surface area contributed by atoms with E-state index in [0.29, 0.717) is 10.0 Å². The lowest BCUT2D eigenvalue weighted by atomic mass is 10.0. The Hall–Kier alpha value is -0.680. The summed E-state index contributed by atoms with van der Waals surface area (Å²) in [7, 11) is 0. The highest BCUT2D eigenvalue weighted by Gasteiger charge is 2.14. The summed E-state index contributed by atoms with van der Waals surface area (Å²) < 4.78 is 0. The molecule has 0 saturated heterocycles. The third-order valence-corrected chi connectivity index (χ3v) is 3.22. The molecule has 1 rings (SSSR count). The molecule has 0 heterocycles. The van der Waals surface area contributed by atoms with E-state index in [2.05, 4.69) is 18.2 Å². The van der Waals surface area contributed by atoms with E-state index in [1.807, 2.05) is 12.1 Å². The highest BCUT2D eigenvalue weighted by Crippen LogP contribution is 2.31. The van der Waals surface area contributed by atoms with Crippen LogP contribution in [0.5, 0.6) is 0 Å². The number of hydrogen-bond acceptors (Lipinski definition) is 1. The van der Waals surface area contributed by atoms with Gasteiger partial charge in [-0.3, -0.25) is 0 Å². The predicted octanol–water partition coefficient (Wildman–Crippen LogP) is 4.06. The molecule has 0 fully saturated rings. The quantitative estimate of drug-likeness (QED) is 0.783. The maximum Gasteiger partial charge on any atom is 0.0640 e. The minimum Gasteiger partial charge on any atom is -0.310 e. The molecule has 1 aromatic carbocycles. The molecule has 0 aromatic heterocycles. The van der Waals surface area contributed by atoms with E-state index in [9.17, 15) is 0 Å². The molecule has 3 heteroatoms. The summed E-state index contributed by atoms with van der Waals surface area (Å²) in [6.07, 6.45) is 6.87. The predicted molar refractivity (Wildman–Crippen MR) is 70.9 cm³/mol. The number of hydrogen-bond donors (Lipinski definition) is 1. The van der Waals surface area contributed by atoms with Crippen molar-refractivity contribution in [2.45, 2.75) is 25.8 Å². The van der Waals surface area contributed by atoms with Crippen molar-refractivity contribution in [3.05, 3.63) is 33.8 Å². The van der Waals surface area contributed by atoms with Gasteiger partial charge in [0.1, 0.15) is 0 Å². The van der Waals surface area contributed by atoms with Gasteiger partial charge in [-0.25, -0.2) is 0 Å². The fourth-order valence-corrected chi connectivity index (χ4v) is 2.07. The van der Waals surface area contributed by atoms with Gasteiger partial charge in [0.15, 0.2) is 0 Å². The van der Waals surface area contributed by atoms with Gasteiger partial charge in [0.2, 0.25) is 0 Å². The lowest BCUT2D eigenvalue weighted by molar-refractivity contribution is 0.523. The van der Waals surface area contributed by atoms with Gasteiger partial charge in [0.05, 0.1) is 10.0 Å². The fourth-order valence-electron chi connectivity index (χ4n) is 1.63. The largest absolute Gasteiger partial charge is 0.310 e. The van der Waals surface area contributed by atoms with E-state index in [0.717, 1.165) is 24.9 Å². The summed E-state index contributed by atoms with van der Waals surface area (Å²) in [6.45, 7) is 2.93. The van der Waals surface area contributed by atoms with Gasteiger partial charge in [-0.1, -0.05) is 42.3 Å². The van der Waals surface area contributed by atoms with Crippen molar-refractivity contribution < 1.29 is 0 Å². The average Bonchev–Trinajstić information content (AvgIpc) is 2.28. The van der Waals surface area contributed by atoms with E-state index in [4.69, 9.17) is 29.6 Å². The Balaban J connectivity index is 2.92. The standard InChI is InChI=1S/C13H15Cl2N/c1-3-5-9-12(16-4-2)10-7-6-8-11(14)13(10)15/h1,6-8,12,16H,4-5,9H2,2H3. The Labute approximate surface area is 107 Å². The third-order valence-electron chi connectivity index (χ3n) is 2.38. The molecule has 86 valence electrons. The van der Waals surface area contributed by atoms with Crippen LogP contribution >= 0.6 is 23.2 Å². The van der Waals surface area contributed by atoms with E-state index in [1.165, 1.54) is 0 Å². The average molecular weight is 256 g/mol. The van der Waals surface area contributed by atoms with Crippen molar-refractivity contribution >= 4 is 23.2 Å². The molecule has 1 aromatic rings. The minimum atomic E-state index is 0.173. The normalized spacial score (nSPS) is 12.1. The molecule has 0 saturated carbocycles. The SMILES string of the molecule is C#CCCC(NCC)c1cccc(Cl)c1Cl. The highest BCUT2D eigenvalue weighted by molar-refractivity contribution is 6.42. The molecule has 1 atom stereocenters. The first-order chi connectivity index (χ1) is 7.70. The molecule has 0 spiro atoms. The maximum absolute atomic E-state index is 6.18. The second-order valence-electron chi connectivity index (χ2n) is 3.50. The smallest absolute Gasteiger partial charge is 0.0640 e. The van der Waals surface area contributed by atoms with E-state index < -0.39 is 0 Å². The lowest BCUT2D eigenvalue weighted by Gasteiger charge is -2.19. The first-order valence-electron chi connectivity index (χ1n) is 5.31. The van der Waals surface area contributed by atoms with Crippen LogP contribution < -0.4 is 5.32 Å². The maximum atomic E-state index is 6.18. The van der Waals surface area contributed by atoms with Crippen molar-refractivity contribution in [1.82, 2.24) is 5.32 Å². The van der Waals surface area contributed by atoms with Crippen molar-refractivity contribution in [2.24, 2.45) is 0 Å². The number of nitrogens with one attached hydrogen (secondary N) is 1. The molecule has 1 N–H and O–H groups in total. The molecule has 1 nitrogen and oxygen atoms in total. The molecule has 0 aliphatic carbocycles. The molecule has 0 radical (unpaired) electrons. The first-order valence-corrected chi connectivity index (χ1v) is 6.07. The molecule has 0 amide bonds. The van der Waals surface area contributed by atoms with Gasteiger partial charge in [-0.15, -0.1) is 12.3 Å². The molecule has 0 aliphatic rings. The summed E-state index contributed by atoms with van der Waals surface area (Å²) >= 11 is 12.2. The van der Waals surface area contributed by atoms with Gasteiger partial charge in [0.25, 0.3) is 0 Å². The summed E-state index contributed by atoms with van der Waals surface area (Å²) in [5.74, 6) is 2.64. The summed E-state index contributed by atoms with van der Waals surface area (Å²) in [5.41, 5.74) is 1.02. The first kappa shape index (κ1) is 13.4. The monoisotopic (exact) mass is 255 g/mol. The molecule has 0 aliphatic heterocycles. The molecule has 16 heavy (non-hydrogen) atoms. The summed E-state index contributed by atoms with van der Waals surface area (Å²) in [5, 5.41) is 4.57. The van der Waals surface area contributed by atoms with Crippen LogP contribution in [0.3, 0.4) is 0 Å². The van der Waals surface area contributed by atoms with Crippen molar-refractivity contribution in [1.29, 1.82) is 0 Å². The fraction of sp³-hybridized carbons (Fsp3) is 0.385. The molecule has 0 bridgehead atoms. The van der Waals surface area contributed by atoms with Crippen molar-refractivity contribution in [2.75, 3.05) is 6.54 Å². The van der Waals surface area contributed by atoms with Crippen LogP contribution in [-0.2, 0) is 0 Å². The second kappa shape index (κ2) is 6.81. The van der Waals surface area contributed by atoms with Crippen LogP contribution in [-0.4, -0.2) is 6.54 Å². The second-order valence-corrected chi connectivity index (χ2v) is 4.28. The van der Waals surface area contributed by atoms with Gasteiger partial charge >= 0.3 is 0 Å². The van der Waals surface area contributed by atoms with Gasteiger partial charge in [-0.2, -0.15) is 0 Å². The zero-order valence-corrected chi connectivity index (χ0v) is 10.8. The van der Waals surface area contributed by atoms with Crippen LogP contribution in [0, 0.1) is 12.3 Å². The number of terminal acetylenes is 1. The summed E-state index contributed by atoms with van der Waals surface area (Å²) in [6, 6.07) is 5.85. The number of halogens is 2. The highest BCUT2D eigenvalue weighted by atomic mass is 35.5.